The van der Waals surface area contributed by atoms with Crippen LogP contribution in [0.4, 0.5) is 16.5 Å². The summed E-state index contributed by atoms with van der Waals surface area (Å²) in [4.78, 5) is 17.2. The van der Waals surface area contributed by atoms with Crippen LogP contribution in [0.5, 0.6) is 0 Å². The Morgan fingerprint density at radius 1 is 0.962 bits per heavy atom. The fraction of sp³-hybridized carbons (Fsp3) is 0. The van der Waals surface area contributed by atoms with E-state index in [0.29, 0.717) is 11.3 Å². The lowest BCUT2D eigenvalue weighted by molar-refractivity contribution is 0.102. The van der Waals surface area contributed by atoms with Crippen LogP contribution < -0.4 is 16.1 Å². The average molecular weight is 357 g/mol. The Bertz CT molecular complexity index is 1080. The summed E-state index contributed by atoms with van der Waals surface area (Å²) in [5, 5.41) is 7.09. The number of carbonyl (C=O) groups excluding carboxylic acids is 1. The Hall–Kier alpha value is -3.12. The van der Waals surface area contributed by atoms with Gasteiger partial charge in [0.15, 0.2) is 5.13 Å². The van der Waals surface area contributed by atoms with Crippen molar-refractivity contribution in [1.82, 2.24) is 4.98 Å². The number of nitrogens with one attached hydrogen (secondary N) is 2. The number of anilines is 3. The summed E-state index contributed by atoms with van der Waals surface area (Å²) in [6.45, 7) is 0. The van der Waals surface area contributed by atoms with Crippen LogP contribution in [0.25, 0.3) is 10.2 Å². The van der Waals surface area contributed by atoms with Gasteiger partial charge in [-0.25, -0.2) is 4.98 Å². The number of carbonyl (C=O) groups is 1. The van der Waals surface area contributed by atoms with Crippen LogP contribution >= 0.6 is 11.3 Å². The quantitative estimate of drug-likeness (QED) is 0.549. The first-order valence-electron chi connectivity index (χ1n) is 8.29. The molecule has 0 saturated heterocycles. The number of fused-ring (bicyclic) bond motifs is 1. The van der Waals surface area contributed by atoms with Crippen molar-refractivity contribution in [3.63, 3.8) is 0 Å². The second-order valence-corrected chi connectivity index (χ2v) is 7.02. The van der Waals surface area contributed by atoms with E-state index < -0.39 is 0 Å². The number of para-hydroxylation sites is 2. The van der Waals surface area contributed by atoms with Gasteiger partial charge in [0.2, 0.25) is 0 Å². The predicted molar refractivity (Wildman–Crippen MR) is 112 cm³/mol. The summed E-state index contributed by atoms with van der Waals surface area (Å²) in [7, 11) is 1.97. The third-order valence-electron chi connectivity index (χ3n) is 3.97. The van der Waals surface area contributed by atoms with Crippen molar-refractivity contribution in [3.05, 3.63) is 78.4 Å². The standard InChI is InChI=1S/C20H16BN3OS/c21-14-7-4-6-13(12-14)19(25)23-16-10-5-11-17-18(16)24-20(26-17)22-15-8-2-1-3-9-15/h1-12H,21H2,(H,22,24)(H,23,25). The van der Waals surface area contributed by atoms with E-state index in [0.717, 1.165) is 26.5 Å². The summed E-state index contributed by atoms with van der Waals surface area (Å²) in [5.74, 6) is -0.133. The molecule has 1 aromatic heterocycles. The van der Waals surface area contributed by atoms with E-state index >= 15 is 0 Å². The third kappa shape index (κ3) is 3.46. The van der Waals surface area contributed by atoms with E-state index in [2.05, 4.69) is 15.6 Å². The summed E-state index contributed by atoms with van der Waals surface area (Å²) < 4.78 is 1.02. The van der Waals surface area contributed by atoms with Crippen molar-refractivity contribution < 1.29 is 4.79 Å². The number of benzene rings is 3. The van der Waals surface area contributed by atoms with Crippen LogP contribution in [0.2, 0.25) is 0 Å². The van der Waals surface area contributed by atoms with E-state index in [9.17, 15) is 4.79 Å². The maximum absolute atomic E-state index is 12.6. The molecule has 1 amide bonds. The largest absolute Gasteiger partial charge is 0.332 e. The maximum atomic E-state index is 12.6. The van der Waals surface area contributed by atoms with Gasteiger partial charge in [-0.15, -0.1) is 0 Å². The van der Waals surface area contributed by atoms with Gasteiger partial charge < -0.3 is 10.6 Å². The van der Waals surface area contributed by atoms with Gasteiger partial charge in [-0.1, -0.05) is 59.3 Å². The zero-order valence-corrected chi connectivity index (χ0v) is 15.0. The molecule has 0 spiro atoms. The summed E-state index contributed by atoms with van der Waals surface area (Å²) >= 11 is 1.56. The highest BCUT2D eigenvalue weighted by Crippen LogP contribution is 2.32. The first-order chi connectivity index (χ1) is 12.7. The lowest BCUT2D eigenvalue weighted by Crippen LogP contribution is -2.15. The smallest absolute Gasteiger partial charge is 0.255 e. The Labute approximate surface area is 156 Å². The van der Waals surface area contributed by atoms with Crippen molar-refractivity contribution in [2.24, 2.45) is 0 Å². The Morgan fingerprint density at radius 2 is 1.77 bits per heavy atom. The lowest BCUT2D eigenvalue weighted by Gasteiger charge is -2.06. The second-order valence-electron chi connectivity index (χ2n) is 5.99. The molecule has 0 bridgehead atoms. The first-order valence-corrected chi connectivity index (χ1v) is 9.10. The van der Waals surface area contributed by atoms with E-state index in [4.69, 9.17) is 0 Å². The number of amides is 1. The van der Waals surface area contributed by atoms with Crippen molar-refractivity contribution in [3.8, 4) is 0 Å². The molecule has 0 unspecified atom stereocenters. The molecular weight excluding hydrogens is 341 g/mol. The second kappa shape index (κ2) is 7.02. The molecule has 3 aromatic carbocycles. The highest BCUT2D eigenvalue weighted by molar-refractivity contribution is 7.22. The maximum Gasteiger partial charge on any atom is 0.255 e. The van der Waals surface area contributed by atoms with E-state index in [1.165, 1.54) is 0 Å². The normalized spacial score (nSPS) is 10.6. The average Bonchev–Trinajstić information content (AvgIpc) is 3.06. The van der Waals surface area contributed by atoms with Gasteiger partial charge in [0.25, 0.3) is 5.91 Å². The first kappa shape index (κ1) is 16.4. The van der Waals surface area contributed by atoms with Gasteiger partial charge in [-0.2, -0.15) is 0 Å². The zero-order valence-electron chi connectivity index (χ0n) is 14.2. The molecule has 4 rings (SSSR count). The fourth-order valence-electron chi connectivity index (χ4n) is 2.73. The molecule has 0 radical (unpaired) electrons. The van der Waals surface area contributed by atoms with Crippen molar-refractivity contribution in [2.75, 3.05) is 10.6 Å². The summed E-state index contributed by atoms with van der Waals surface area (Å²) in [6.07, 6.45) is 0. The number of thiazole rings is 1. The van der Waals surface area contributed by atoms with Crippen LogP contribution in [0.3, 0.4) is 0 Å². The van der Waals surface area contributed by atoms with Crippen molar-refractivity contribution >= 4 is 57.3 Å². The Kier molecular flexibility index (Phi) is 4.41. The summed E-state index contributed by atoms with van der Waals surface area (Å²) in [5.41, 5.74) is 4.18. The molecule has 4 aromatic rings. The number of aromatic nitrogens is 1. The molecule has 0 fully saturated rings. The third-order valence-corrected chi connectivity index (χ3v) is 4.91. The molecule has 1 heterocycles. The van der Waals surface area contributed by atoms with Crippen molar-refractivity contribution in [1.29, 1.82) is 0 Å². The molecule has 2 N–H and O–H groups in total. The van der Waals surface area contributed by atoms with Gasteiger partial charge in [-0.05, 0) is 30.3 Å². The Balaban J connectivity index is 1.62. The predicted octanol–water partition coefficient (Wildman–Crippen LogP) is 3.55. The molecule has 4 nitrogen and oxygen atoms in total. The molecule has 0 saturated carbocycles. The van der Waals surface area contributed by atoms with Crippen LogP contribution in [0.1, 0.15) is 10.4 Å². The molecule has 6 heteroatoms. The summed E-state index contributed by atoms with van der Waals surface area (Å²) in [6, 6.07) is 23.3. The lowest BCUT2D eigenvalue weighted by atomic mass is 9.94. The van der Waals surface area contributed by atoms with Crippen LogP contribution in [-0.2, 0) is 0 Å². The minimum absolute atomic E-state index is 0.133. The fourth-order valence-corrected chi connectivity index (χ4v) is 3.64. The van der Waals surface area contributed by atoms with Gasteiger partial charge in [0.05, 0.1) is 10.4 Å². The van der Waals surface area contributed by atoms with Gasteiger partial charge >= 0.3 is 0 Å². The molecule has 0 aliphatic heterocycles. The molecule has 0 atom stereocenters. The van der Waals surface area contributed by atoms with Gasteiger partial charge in [0, 0.05) is 11.3 Å². The molecular formula is C20H16BN3OS. The van der Waals surface area contributed by atoms with Gasteiger partial charge in [-0.3, -0.25) is 4.79 Å². The van der Waals surface area contributed by atoms with E-state index in [-0.39, 0.29) is 5.91 Å². The molecule has 0 aliphatic rings. The number of nitrogens with zero attached hydrogens (tertiary/aromatic N) is 1. The minimum atomic E-state index is -0.133. The molecule has 26 heavy (non-hydrogen) atoms. The molecule has 0 aliphatic carbocycles. The van der Waals surface area contributed by atoms with E-state index in [1.54, 1.807) is 11.3 Å². The Morgan fingerprint density at radius 3 is 2.58 bits per heavy atom. The zero-order chi connectivity index (χ0) is 17.9. The number of hydrogen-bond donors (Lipinski definition) is 2. The minimum Gasteiger partial charge on any atom is -0.332 e. The highest BCUT2D eigenvalue weighted by atomic mass is 32.1. The number of hydrogen-bond acceptors (Lipinski definition) is 4. The van der Waals surface area contributed by atoms with Crippen LogP contribution in [-0.4, -0.2) is 18.7 Å². The van der Waals surface area contributed by atoms with Crippen molar-refractivity contribution in [2.45, 2.75) is 0 Å². The van der Waals surface area contributed by atoms with Gasteiger partial charge in [0.1, 0.15) is 13.4 Å². The number of rotatable bonds is 4. The van der Waals surface area contributed by atoms with Crippen LogP contribution in [0, 0.1) is 0 Å². The van der Waals surface area contributed by atoms with E-state index in [1.807, 2.05) is 80.6 Å². The highest BCUT2D eigenvalue weighted by Gasteiger charge is 2.12. The topological polar surface area (TPSA) is 54.0 Å². The monoisotopic (exact) mass is 357 g/mol. The molecule has 126 valence electrons. The van der Waals surface area contributed by atoms with Crippen LogP contribution in [0.15, 0.2) is 72.8 Å². The SMILES string of the molecule is Bc1cccc(C(=O)Nc2cccc3sc(Nc4ccccc4)nc23)c1.